The van der Waals surface area contributed by atoms with Gasteiger partial charge in [0.2, 0.25) is 0 Å². The molecule has 1 aliphatic rings. The summed E-state index contributed by atoms with van der Waals surface area (Å²) in [7, 11) is -2.62. The van der Waals surface area contributed by atoms with Crippen LogP contribution in [0.4, 0.5) is 11.4 Å². The molecule has 3 aromatic rings. The minimum atomic E-state index is -4.16. The fourth-order valence-electron chi connectivity index (χ4n) is 3.08. The van der Waals surface area contributed by atoms with Crippen LogP contribution in [0.25, 0.3) is 0 Å². The zero-order valence-electron chi connectivity index (χ0n) is 15.6. The van der Waals surface area contributed by atoms with Gasteiger partial charge in [0.15, 0.2) is 0 Å². The average molecular weight is 443 g/mol. The second kappa shape index (κ2) is 7.47. The molecule has 4 rings (SSSR count). The van der Waals surface area contributed by atoms with Crippen LogP contribution in [0.2, 0.25) is 5.02 Å². The van der Waals surface area contributed by atoms with Gasteiger partial charge >= 0.3 is 0 Å². The third kappa shape index (κ3) is 3.40. The maximum atomic E-state index is 13.0. The van der Waals surface area contributed by atoms with Crippen molar-refractivity contribution < 1.29 is 22.7 Å². The molecule has 0 spiro atoms. The fourth-order valence-corrected chi connectivity index (χ4v) is 4.83. The van der Waals surface area contributed by atoms with E-state index in [1.165, 1.54) is 49.6 Å². The van der Waals surface area contributed by atoms with Crippen LogP contribution in [-0.2, 0) is 10.0 Å². The van der Waals surface area contributed by atoms with Crippen LogP contribution in [-0.4, -0.2) is 27.3 Å². The molecule has 3 aromatic carbocycles. The Morgan fingerprint density at radius 3 is 2.30 bits per heavy atom. The molecule has 0 atom stereocenters. The number of ether oxygens (including phenoxy) is 1. The fraction of sp³-hybridized carbons (Fsp3) is 0.0476. The molecule has 1 N–H and O–H groups in total. The van der Waals surface area contributed by atoms with E-state index in [0.29, 0.717) is 20.8 Å². The Hall–Kier alpha value is -3.36. The largest absolute Gasteiger partial charge is 0.497 e. The number of sulfonamides is 1. The lowest BCUT2D eigenvalue weighted by molar-refractivity contribution is 0.100. The molecule has 152 valence electrons. The summed E-state index contributed by atoms with van der Waals surface area (Å²) in [6.45, 7) is 0. The van der Waals surface area contributed by atoms with Crippen LogP contribution in [0, 0.1) is 0 Å². The lowest BCUT2D eigenvalue weighted by Crippen LogP contribution is -2.29. The molecule has 1 heterocycles. The van der Waals surface area contributed by atoms with Crippen LogP contribution >= 0.6 is 11.6 Å². The molecule has 2 amide bonds. The standard InChI is InChI=1S/C21H15ClN2O5S/c1-29-17-9-5-15(6-10-17)23-20(25)13-2-11-18-19(12-13)30(27,28)24(21(18)26)16-7-3-14(22)4-8-16/h2-12H,1H3,(H,23,25). The topological polar surface area (TPSA) is 92.8 Å². The number of carbonyl (C=O) groups excluding carboxylic acids is 2. The number of amides is 2. The summed E-state index contributed by atoms with van der Waals surface area (Å²) in [5.41, 5.74) is 0.803. The first-order chi connectivity index (χ1) is 14.3. The second-order valence-electron chi connectivity index (χ2n) is 6.44. The number of nitrogens with zero attached hydrogens (tertiary/aromatic N) is 1. The number of nitrogens with one attached hydrogen (secondary N) is 1. The molecule has 0 fully saturated rings. The molecule has 1 aliphatic heterocycles. The maximum absolute atomic E-state index is 13.0. The molecule has 9 heteroatoms. The van der Waals surface area contributed by atoms with Crippen molar-refractivity contribution in [1.82, 2.24) is 0 Å². The number of anilines is 2. The van der Waals surface area contributed by atoms with Crippen molar-refractivity contribution in [3.63, 3.8) is 0 Å². The van der Waals surface area contributed by atoms with Gasteiger partial charge in [-0.25, -0.2) is 8.42 Å². The van der Waals surface area contributed by atoms with Gasteiger partial charge in [0.05, 0.1) is 18.4 Å². The Kier molecular flexibility index (Phi) is 4.97. The van der Waals surface area contributed by atoms with Gasteiger partial charge in [0.1, 0.15) is 10.6 Å². The van der Waals surface area contributed by atoms with Crippen LogP contribution in [0.15, 0.2) is 71.6 Å². The SMILES string of the molecule is COc1ccc(NC(=O)c2ccc3c(c2)S(=O)(=O)N(c2ccc(Cl)cc2)C3=O)cc1. The highest BCUT2D eigenvalue weighted by Crippen LogP contribution is 2.35. The highest BCUT2D eigenvalue weighted by Gasteiger charge is 2.42. The van der Waals surface area contributed by atoms with Crippen LogP contribution in [0.5, 0.6) is 5.75 Å². The van der Waals surface area contributed by atoms with Gasteiger partial charge in [-0.3, -0.25) is 9.59 Å². The monoisotopic (exact) mass is 442 g/mol. The third-order valence-electron chi connectivity index (χ3n) is 4.59. The predicted molar refractivity (Wildman–Crippen MR) is 113 cm³/mol. The number of halogens is 1. The first-order valence-corrected chi connectivity index (χ1v) is 10.6. The molecule has 0 saturated heterocycles. The Morgan fingerprint density at radius 2 is 1.67 bits per heavy atom. The maximum Gasteiger partial charge on any atom is 0.273 e. The number of carbonyl (C=O) groups is 2. The quantitative estimate of drug-likeness (QED) is 0.660. The molecular weight excluding hydrogens is 428 g/mol. The van der Waals surface area contributed by atoms with Gasteiger partial charge < -0.3 is 10.1 Å². The molecular formula is C21H15ClN2O5S. The predicted octanol–water partition coefficient (Wildman–Crippen LogP) is 3.95. The molecule has 0 saturated carbocycles. The summed E-state index contributed by atoms with van der Waals surface area (Å²) in [5, 5.41) is 3.10. The molecule has 0 radical (unpaired) electrons. The van der Waals surface area contributed by atoms with Crippen molar-refractivity contribution in [1.29, 1.82) is 0 Å². The van der Waals surface area contributed by atoms with E-state index in [2.05, 4.69) is 5.32 Å². The number of fused-ring (bicyclic) bond motifs is 1. The summed E-state index contributed by atoms with van der Waals surface area (Å²) < 4.78 is 31.8. The van der Waals surface area contributed by atoms with E-state index in [1.807, 2.05) is 0 Å². The lowest BCUT2D eigenvalue weighted by Gasteiger charge is -2.14. The van der Waals surface area contributed by atoms with Crippen molar-refractivity contribution in [2.45, 2.75) is 4.90 Å². The number of benzene rings is 3. The minimum Gasteiger partial charge on any atom is -0.497 e. The van der Waals surface area contributed by atoms with E-state index < -0.39 is 21.8 Å². The molecule has 0 bridgehead atoms. The van der Waals surface area contributed by atoms with Crippen molar-refractivity contribution in [2.24, 2.45) is 0 Å². The van der Waals surface area contributed by atoms with Crippen molar-refractivity contribution in [3.8, 4) is 5.75 Å². The number of methoxy groups -OCH3 is 1. The van der Waals surface area contributed by atoms with Crippen LogP contribution in [0.1, 0.15) is 20.7 Å². The van der Waals surface area contributed by atoms with Gasteiger partial charge in [-0.05, 0) is 66.7 Å². The number of hydrogen-bond donors (Lipinski definition) is 1. The first-order valence-electron chi connectivity index (χ1n) is 8.76. The Labute approximate surface area is 177 Å². The van der Waals surface area contributed by atoms with Crippen LogP contribution in [0.3, 0.4) is 0 Å². The Bertz CT molecular complexity index is 1260. The van der Waals surface area contributed by atoms with Gasteiger partial charge in [-0.15, -0.1) is 0 Å². The van der Waals surface area contributed by atoms with Crippen molar-refractivity contribution in [3.05, 3.63) is 82.9 Å². The van der Waals surface area contributed by atoms with E-state index >= 15 is 0 Å². The third-order valence-corrected chi connectivity index (χ3v) is 6.59. The summed E-state index contributed by atoms with van der Waals surface area (Å²) in [5.74, 6) is -0.553. The highest BCUT2D eigenvalue weighted by molar-refractivity contribution is 7.94. The highest BCUT2D eigenvalue weighted by atomic mass is 35.5. The lowest BCUT2D eigenvalue weighted by atomic mass is 10.1. The minimum absolute atomic E-state index is 0.00551. The summed E-state index contributed by atoms with van der Waals surface area (Å²) in [4.78, 5) is 25.1. The number of rotatable bonds is 4. The number of hydrogen-bond acceptors (Lipinski definition) is 5. The van der Waals surface area contributed by atoms with Gasteiger partial charge in [-0.1, -0.05) is 11.6 Å². The summed E-state index contributed by atoms with van der Waals surface area (Å²) in [6.07, 6.45) is 0. The van der Waals surface area contributed by atoms with Gasteiger partial charge in [-0.2, -0.15) is 4.31 Å². The molecule has 0 aliphatic carbocycles. The van der Waals surface area contributed by atoms with Crippen LogP contribution < -0.4 is 14.4 Å². The molecule has 0 aromatic heterocycles. The Morgan fingerprint density at radius 1 is 1.00 bits per heavy atom. The molecule has 7 nitrogen and oxygen atoms in total. The Balaban J connectivity index is 1.66. The van der Waals surface area contributed by atoms with Gasteiger partial charge in [0.25, 0.3) is 21.8 Å². The van der Waals surface area contributed by atoms with E-state index in [-0.39, 0.29) is 21.7 Å². The van der Waals surface area contributed by atoms with E-state index in [4.69, 9.17) is 16.3 Å². The second-order valence-corrected chi connectivity index (χ2v) is 8.64. The van der Waals surface area contributed by atoms with E-state index in [1.54, 1.807) is 24.3 Å². The van der Waals surface area contributed by atoms with E-state index in [0.717, 1.165) is 0 Å². The van der Waals surface area contributed by atoms with Crippen molar-refractivity contribution in [2.75, 3.05) is 16.7 Å². The zero-order chi connectivity index (χ0) is 21.5. The molecule has 0 unspecified atom stereocenters. The molecule has 30 heavy (non-hydrogen) atoms. The normalized spacial score (nSPS) is 14.3. The summed E-state index contributed by atoms with van der Waals surface area (Å²) in [6, 6.07) is 16.5. The smallest absolute Gasteiger partial charge is 0.273 e. The first kappa shape index (κ1) is 19.9. The van der Waals surface area contributed by atoms with E-state index in [9.17, 15) is 18.0 Å². The van der Waals surface area contributed by atoms with Gasteiger partial charge in [0, 0.05) is 16.3 Å². The van der Waals surface area contributed by atoms with Crippen molar-refractivity contribution >= 4 is 44.8 Å². The zero-order valence-corrected chi connectivity index (χ0v) is 17.2. The summed E-state index contributed by atoms with van der Waals surface area (Å²) >= 11 is 5.85. The average Bonchev–Trinajstić information content (AvgIpc) is 2.94.